The molecule has 1 fully saturated rings. The molecule has 82 valence electrons. The molecular formula is C12H15ClFN. The van der Waals surface area contributed by atoms with E-state index in [1.54, 1.807) is 6.07 Å². The van der Waals surface area contributed by atoms with Crippen LogP contribution >= 0.6 is 11.6 Å². The summed E-state index contributed by atoms with van der Waals surface area (Å²) in [6.45, 7) is 3.21. The van der Waals surface area contributed by atoms with E-state index in [1.807, 2.05) is 0 Å². The van der Waals surface area contributed by atoms with Crippen molar-refractivity contribution < 1.29 is 4.39 Å². The number of hydrogen-bond acceptors (Lipinski definition) is 1. The number of benzene rings is 1. The van der Waals surface area contributed by atoms with Gasteiger partial charge in [-0.15, -0.1) is 0 Å². The van der Waals surface area contributed by atoms with Crippen LogP contribution in [0.4, 0.5) is 4.39 Å². The first-order valence-corrected chi connectivity index (χ1v) is 5.66. The van der Waals surface area contributed by atoms with Gasteiger partial charge in [-0.1, -0.05) is 11.6 Å². The molecule has 0 saturated carbocycles. The van der Waals surface area contributed by atoms with E-state index in [0.717, 1.165) is 24.9 Å². The van der Waals surface area contributed by atoms with Crippen LogP contribution in [0.1, 0.15) is 25.3 Å². The topological polar surface area (TPSA) is 12.0 Å². The molecule has 0 amide bonds. The van der Waals surface area contributed by atoms with Crippen LogP contribution in [-0.4, -0.2) is 12.1 Å². The highest BCUT2D eigenvalue weighted by Crippen LogP contribution is 2.27. The Morgan fingerprint density at radius 1 is 1.53 bits per heavy atom. The summed E-state index contributed by atoms with van der Waals surface area (Å²) in [5.74, 6) is -0.212. The average molecular weight is 228 g/mol. The van der Waals surface area contributed by atoms with Crippen molar-refractivity contribution in [2.24, 2.45) is 0 Å². The van der Waals surface area contributed by atoms with Gasteiger partial charge in [0.2, 0.25) is 0 Å². The minimum Gasteiger partial charge on any atom is -0.311 e. The Kier molecular flexibility index (Phi) is 2.98. The fourth-order valence-electron chi connectivity index (χ4n) is 2.21. The van der Waals surface area contributed by atoms with Crippen molar-refractivity contribution in [1.82, 2.24) is 5.32 Å². The first kappa shape index (κ1) is 10.9. The van der Waals surface area contributed by atoms with E-state index < -0.39 is 0 Å². The van der Waals surface area contributed by atoms with Crippen molar-refractivity contribution in [3.63, 3.8) is 0 Å². The highest BCUT2D eigenvalue weighted by atomic mass is 35.5. The third kappa shape index (κ3) is 2.50. The summed E-state index contributed by atoms with van der Waals surface area (Å²) in [7, 11) is 0. The van der Waals surface area contributed by atoms with E-state index in [-0.39, 0.29) is 11.4 Å². The van der Waals surface area contributed by atoms with Crippen molar-refractivity contribution in [3.05, 3.63) is 34.6 Å². The summed E-state index contributed by atoms with van der Waals surface area (Å²) in [6.07, 6.45) is 3.10. The van der Waals surface area contributed by atoms with Gasteiger partial charge in [0.25, 0.3) is 0 Å². The third-order valence-electron chi connectivity index (χ3n) is 3.05. The molecular weight excluding hydrogens is 213 g/mol. The third-order valence-corrected chi connectivity index (χ3v) is 3.41. The molecule has 0 bridgehead atoms. The van der Waals surface area contributed by atoms with Crippen LogP contribution in [0.5, 0.6) is 0 Å². The van der Waals surface area contributed by atoms with Gasteiger partial charge in [-0.25, -0.2) is 4.39 Å². The Balaban J connectivity index is 2.19. The molecule has 15 heavy (non-hydrogen) atoms. The monoisotopic (exact) mass is 227 g/mol. The van der Waals surface area contributed by atoms with Crippen LogP contribution in [-0.2, 0) is 6.42 Å². The lowest BCUT2D eigenvalue weighted by atomic mass is 9.91. The molecule has 0 aromatic heterocycles. The zero-order valence-corrected chi connectivity index (χ0v) is 9.57. The van der Waals surface area contributed by atoms with Gasteiger partial charge >= 0.3 is 0 Å². The molecule has 1 aromatic rings. The Morgan fingerprint density at radius 2 is 2.33 bits per heavy atom. The zero-order chi connectivity index (χ0) is 10.9. The van der Waals surface area contributed by atoms with E-state index in [9.17, 15) is 4.39 Å². The fourth-order valence-corrected chi connectivity index (χ4v) is 2.39. The molecule has 1 nitrogen and oxygen atoms in total. The summed E-state index contributed by atoms with van der Waals surface area (Å²) < 4.78 is 13.1. The number of rotatable bonds is 2. The van der Waals surface area contributed by atoms with Crippen LogP contribution in [0.2, 0.25) is 5.02 Å². The largest absolute Gasteiger partial charge is 0.311 e. The second kappa shape index (κ2) is 4.11. The molecule has 1 aliphatic rings. The van der Waals surface area contributed by atoms with Gasteiger partial charge in [-0.2, -0.15) is 0 Å². The van der Waals surface area contributed by atoms with E-state index in [2.05, 4.69) is 12.2 Å². The smallest absolute Gasteiger partial charge is 0.123 e. The molecule has 1 aliphatic heterocycles. The van der Waals surface area contributed by atoms with Crippen molar-refractivity contribution >= 4 is 11.6 Å². The normalized spacial score (nSPS) is 25.8. The molecule has 3 heteroatoms. The van der Waals surface area contributed by atoms with Crippen LogP contribution in [0.15, 0.2) is 18.2 Å². The molecule has 1 N–H and O–H groups in total. The Hall–Kier alpha value is -0.600. The maximum atomic E-state index is 13.1. The quantitative estimate of drug-likeness (QED) is 0.819. The van der Waals surface area contributed by atoms with Crippen LogP contribution in [0.25, 0.3) is 0 Å². The zero-order valence-electron chi connectivity index (χ0n) is 8.82. The lowest BCUT2D eigenvalue weighted by Gasteiger charge is -2.24. The highest BCUT2D eigenvalue weighted by Gasteiger charge is 2.28. The number of halogens is 2. The van der Waals surface area contributed by atoms with Crippen molar-refractivity contribution in [3.8, 4) is 0 Å². The lowest BCUT2D eigenvalue weighted by molar-refractivity contribution is 0.412. The van der Waals surface area contributed by atoms with E-state index in [1.165, 1.54) is 18.6 Å². The lowest BCUT2D eigenvalue weighted by Crippen LogP contribution is -2.38. The summed E-state index contributed by atoms with van der Waals surface area (Å²) in [5, 5.41) is 4.11. The average Bonchev–Trinajstić information content (AvgIpc) is 2.59. The molecule has 0 radical (unpaired) electrons. The predicted octanol–water partition coefficient (Wildman–Crippen LogP) is 3.16. The Morgan fingerprint density at radius 3 is 3.00 bits per heavy atom. The van der Waals surface area contributed by atoms with Gasteiger partial charge in [0.05, 0.1) is 0 Å². The summed E-state index contributed by atoms with van der Waals surface area (Å²) in [4.78, 5) is 0. The van der Waals surface area contributed by atoms with Crippen molar-refractivity contribution in [2.75, 3.05) is 6.54 Å². The van der Waals surface area contributed by atoms with E-state index in [4.69, 9.17) is 11.6 Å². The molecule has 1 saturated heterocycles. The fraction of sp³-hybridized carbons (Fsp3) is 0.500. The molecule has 1 heterocycles. The van der Waals surface area contributed by atoms with Crippen LogP contribution in [0, 0.1) is 5.82 Å². The van der Waals surface area contributed by atoms with Crippen molar-refractivity contribution in [2.45, 2.75) is 31.7 Å². The molecule has 1 atom stereocenters. The van der Waals surface area contributed by atoms with Gasteiger partial charge in [0, 0.05) is 10.6 Å². The van der Waals surface area contributed by atoms with Gasteiger partial charge in [-0.3, -0.25) is 0 Å². The van der Waals surface area contributed by atoms with Gasteiger partial charge in [0.1, 0.15) is 5.82 Å². The van der Waals surface area contributed by atoms with E-state index in [0.29, 0.717) is 5.02 Å². The maximum Gasteiger partial charge on any atom is 0.123 e. The molecule has 0 aliphatic carbocycles. The summed E-state index contributed by atoms with van der Waals surface area (Å²) in [5.41, 5.74) is 0.978. The number of nitrogens with one attached hydrogen (secondary N) is 1. The van der Waals surface area contributed by atoms with Gasteiger partial charge in [-0.05, 0) is 56.5 Å². The molecule has 1 aromatic carbocycles. The summed E-state index contributed by atoms with van der Waals surface area (Å²) >= 11 is 6.04. The minimum absolute atomic E-state index is 0.0808. The highest BCUT2D eigenvalue weighted by molar-refractivity contribution is 6.31. The minimum atomic E-state index is -0.212. The first-order chi connectivity index (χ1) is 7.09. The second-order valence-electron chi connectivity index (χ2n) is 4.50. The van der Waals surface area contributed by atoms with Crippen LogP contribution in [0.3, 0.4) is 0 Å². The summed E-state index contributed by atoms with van der Waals surface area (Å²) in [6, 6.07) is 4.56. The molecule has 0 spiro atoms. The Bertz CT molecular complexity index is 359. The SMILES string of the molecule is CC1(Cc2cc(F)ccc2Cl)CCCN1. The van der Waals surface area contributed by atoms with Crippen molar-refractivity contribution in [1.29, 1.82) is 0 Å². The first-order valence-electron chi connectivity index (χ1n) is 5.28. The molecule has 2 rings (SSSR count). The second-order valence-corrected chi connectivity index (χ2v) is 4.91. The predicted molar refractivity (Wildman–Crippen MR) is 60.8 cm³/mol. The number of hydrogen-bond donors (Lipinski definition) is 1. The van der Waals surface area contributed by atoms with Crippen LogP contribution < -0.4 is 5.32 Å². The molecule has 1 unspecified atom stereocenters. The maximum absolute atomic E-state index is 13.1. The van der Waals surface area contributed by atoms with Gasteiger partial charge < -0.3 is 5.32 Å². The Labute approximate surface area is 94.6 Å². The van der Waals surface area contributed by atoms with Gasteiger partial charge in [0.15, 0.2) is 0 Å². The van der Waals surface area contributed by atoms with E-state index >= 15 is 0 Å². The standard InChI is InChI=1S/C12H15ClFN/c1-12(5-2-6-15-12)8-9-7-10(14)3-4-11(9)13/h3-4,7,15H,2,5-6,8H2,1H3.